The second kappa shape index (κ2) is 2.40. The number of thiol groups is 1. The lowest BCUT2D eigenvalue weighted by Gasteiger charge is -1.95. The van der Waals surface area contributed by atoms with Crippen LogP contribution in [0.15, 0.2) is 0 Å². The maximum absolute atomic E-state index is 10.5. The van der Waals surface area contributed by atoms with Crippen molar-refractivity contribution in [2.45, 2.75) is 18.9 Å². The molecule has 0 aromatic rings. The van der Waals surface area contributed by atoms with Gasteiger partial charge in [0.15, 0.2) is 0 Å². The van der Waals surface area contributed by atoms with E-state index in [9.17, 15) is 4.79 Å². The zero-order valence-corrected chi connectivity index (χ0v) is 5.45. The fourth-order valence-corrected chi connectivity index (χ4v) is 0.592. The first-order chi connectivity index (χ1) is 3.83. The van der Waals surface area contributed by atoms with Crippen molar-refractivity contribution < 1.29 is 4.79 Å². The Bertz CT molecular complexity index is 101. The number of amides is 1. The predicted octanol–water partition coefficient (Wildman–Crippen LogP) is 0.195. The second-order valence-corrected chi connectivity index (χ2v) is 2.32. The summed E-state index contributed by atoms with van der Waals surface area (Å²) in [6.07, 6.45) is 2.30. The van der Waals surface area contributed by atoms with E-state index >= 15 is 0 Å². The number of hydrogen-bond donors (Lipinski definition) is 2. The van der Waals surface area contributed by atoms with Gasteiger partial charge in [0, 0.05) is 6.04 Å². The lowest BCUT2D eigenvalue weighted by molar-refractivity contribution is -0.118. The Balaban J connectivity index is 2.07. The molecule has 1 N–H and O–H groups in total. The third-order valence-electron chi connectivity index (χ3n) is 1.09. The summed E-state index contributed by atoms with van der Waals surface area (Å²) in [6, 6.07) is 0.481. The van der Waals surface area contributed by atoms with Crippen LogP contribution in [-0.4, -0.2) is 17.7 Å². The van der Waals surface area contributed by atoms with E-state index in [4.69, 9.17) is 0 Å². The highest BCUT2D eigenvalue weighted by atomic mass is 32.1. The monoisotopic (exact) mass is 131 g/mol. The van der Waals surface area contributed by atoms with E-state index in [-0.39, 0.29) is 5.91 Å². The van der Waals surface area contributed by atoms with Gasteiger partial charge in [0.05, 0.1) is 5.75 Å². The molecule has 8 heavy (non-hydrogen) atoms. The molecule has 0 spiro atoms. The van der Waals surface area contributed by atoms with Crippen LogP contribution in [0.5, 0.6) is 0 Å². The molecule has 1 saturated carbocycles. The van der Waals surface area contributed by atoms with Crippen molar-refractivity contribution in [3.8, 4) is 0 Å². The van der Waals surface area contributed by atoms with Gasteiger partial charge in [0.1, 0.15) is 0 Å². The molecule has 1 amide bonds. The summed E-state index contributed by atoms with van der Waals surface area (Å²) in [5, 5.41) is 2.79. The Morgan fingerprint density at radius 3 is 2.75 bits per heavy atom. The molecule has 0 aromatic heterocycles. The zero-order valence-electron chi connectivity index (χ0n) is 4.55. The molecule has 0 bridgehead atoms. The number of carbonyl (C=O) groups excluding carboxylic acids is 1. The molecule has 0 saturated heterocycles. The molecule has 0 heterocycles. The molecular formula is C5H9NOS. The summed E-state index contributed by atoms with van der Waals surface area (Å²) in [6.45, 7) is 0. The van der Waals surface area contributed by atoms with Gasteiger partial charge in [-0.05, 0) is 12.8 Å². The number of nitrogens with one attached hydrogen (secondary N) is 1. The molecule has 3 heteroatoms. The highest BCUT2D eigenvalue weighted by Crippen LogP contribution is 2.18. The van der Waals surface area contributed by atoms with Crippen LogP contribution >= 0.6 is 12.6 Å². The first-order valence-corrected chi connectivity index (χ1v) is 3.36. The lowest BCUT2D eigenvalue weighted by atomic mass is 10.6. The summed E-state index contributed by atoms with van der Waals surface area (Å²) in [5.74, 6) is 0.368. The van der Waals surface area contributed by atoms with Gasteiger partial charge in [-0.2, -0.15) is 12.6 Å². The molecule has 46 valence electrons. The van der Waals surface area contributed by atoms with Crippen molar-refractivity contribution in [3.63, 3.8) is 0 Å². The molecule has 1 rings (SSSR count). The van der Waals surface area contributed by atoms with Crippen LogP contribution < -0.4 is 5.32 Å². The average molecular weight is 131 g/mol. The van der Waals surface area contributed by atoms with E-state index in [0.29, 0.717) is 11.8 Å². The smallest absolute Gasteiger partial charge is 0.229 e. The van der Waals surface area contributed by atoms with E-state index in [1.165, 1.54) is 0 Å². The van der Waals surface area contributed by atoms with E-state index in [2.05, 4.69) is 17.9 Å². The van der Waals surface area contributed by atoms with Gasteiger partial charge in [0.2, 0.25) is 5.91 Å². The minimum atomic E-state index is 0.0517. The van der Waals surface area contributed by atoms with Gasteiger partial charge in [0.25, 0.3) is 0 Å². The van der Waals surface area contributed by atoms with Gasteiger partial charge in [-0.1, -0.05) is 0 Å². The highest BCUT2D eigenvalue weighted by Gasteiger charge is 2.22. The maximum atomic E-state index is 10.5. The quantitative estimate of drug-likeness (QED) is 0.515. The maximum Gasteiger partial charge on any atom is 0.229 e. The van der Waals surface area contributed by atoms with E-state index in [1.807, 2.05) is 0 Å². The minimum absolute atomic E-state index is 0.0517. The van der Waals surface area contributed by atoms with Gasteiger partial charge in [-0.3, -0.25) is 4.79 Å². The molecule has 0 atom stereocenters. The fourth-order valence-electron chi connectivity index (χ4n) is 0.501. The standard InChI is InChI=1S/C5H9NOS/c7-5(3-8)6-4-1-2-4/h4,8H,1-3H2,(H,6,7). The fraction of sp³-hybridized carbons (Fsp3) is 0.800. The molecular weight excluding hydrogens is 122 g/mol. The molecule has 0 aliphatic heterocycles. The topological polar surface area (TPSA) is 29.1 Å². The summed E-state index contributed by atoms with van der Waals surface area (Å²) in [4.78, 5) is 10.5. The average Bonchev–Trinajstić information content (AvgIpc) is 2.50. The normalized spacial score (nSPS) is 18.1. The SMILES string of the molecule is O=C(CS)NC1CC1. The van der Waals surface area contributed by atoms with Crippen molar-refractivity contribution in [2.75, 3.05) is 5.75 Å². The zero-order chi connectivity index (χ0) is 5.98. The Morgan fingerprint density at radius 2 is 2.38 bits per heavy atom. The summed E-state index contributed by atoms with van der Waals surface area (Å²) in [5.41, 5.74) is 0. The van der Waals surface area contributed by atoms with Crippen molar-refractivity contribution in [3.05, 3.63) is 0 Å². The largest absolute Gasteiger partial charge is 0.353 e. The van der Waals surface area contributed by atoms with Gasteiger partial charge >= 0.3 is 0 Å². The molecule has 1 aliphatic rings. The Labute approximate surface area is 54.1 Å². The lowest BCUT2D eigenvalue weighted by Crippen LogP contribution is -2.26. The van der Waals surface area contributed by atoms with E-state index in [1.54, 1.807) is 0 Å². The Kier molecular flexibility index (Phi) is 1.78. The molecule has 2 nitrogen and oxygen atoms in total. The minimum Gasteiger partial charge on any atom is -0.353 e. The number of hydrogen-bond acceptors (Lipinski definition) is 2. The Morgan fingerprint density at radius 1 is 1.75 bits per heavy atom. The van der Waals surface area contributed by atoms with Gasteiger partial charge in [-0.15, -0.1) is 0 Å². The van der Waals surface area contributed by atoms with Crippen molar-refractivity contribution in [1.82, 2.24) is 5.32 Å². The van der Waals surface area contributed by atoms with Crippen LogP contribution in [0.3, 0.4) is 0 Å². The summed E-state index contributed by atoms with van der Waals surface area (Å²) < 4.78 is 0. The van der Waals surface area contributed by atoms with Crippen LogP contribution in [0.4, 0.5) is 0 Å². The van der Waals surface area contributed by atoms with Crippen LogP contribution in [0.2, 0.25) is 0 Å². The molecule has 0 aromatic carbocycles. The molecule has 0 unspecified atom stereocenters. The van der Waals surface area contributed by atoms with Gasteiger partial charge < -0.3 is 5.32 Å². The molecule has 0 radical (unpaired) electrons. The number of rotatable bonds is 2. The number of carbonyl (C=O) groups is 1. The van der Waals surface area contributed by atoms with E-state index < -0.39 is 0 Å². The highest BCUT2D eigenvalue weighted by molar-refractivity contribution is 7.81. The first kappa shape index (κ1) is 5.95. The van der Waals surface area contributed by atoms with E-state index in [0.717, 1.165) is 12.8 Å². The molecule has 1 fully saturated rings. The van der Waals surface area contributed by atoms with Gasteiger partial charge in [-0.25, -0.2) is 0 Å². The van der Waals surface area contributed by atoms with Crippen LogP contribution in [0.1, 0.15) is 12.8 Å². The predicted molar refractivity (Wildman–Crippen MR) is 35.0 cm³/mol. The van der Waals surface area contributed by atoms with Crippen LogP contribution in [0.25, 0.3) is 0 Å². The Hall–Kier alpha value is -0.180. The second-order valence-electron chi connectivity index (χ2n) is 2.00. The third kappa shape index (κ3) is 1.74. The summed E-state index contributed by atoms with van der Waals surface area (Å²) >= 11 is 3.81. The van der Waals surface area contributed by atoms with Crippen molar-refractivity contribution in [1.29, 1.82) is 0 Å². The molecule has 1 aliphatic carbocycles. The summed E-state index contributed by atoms with van der Waals surface area (Å²) in [7, 11) is 0. The van der Waals surface area contributed by atoms with Crippen molar-refractivity contribution in [2.24, 2.45) is 0 Å². The third-order valence-corrected chi connectivity index (χ3v) is 1.37. The van der Waals surface area contributed by atoms with Crippen LogP contribution in [0, 0.1) is 0 Å². The van der Waals surface area contributed by atoms with Crippen LogP contribution in [-0.2, 0) is 4.79 Å². The van der Waals surface area contributed by atoms with Crippen molar-refractivity contribution >= 4 is 18.5 Å². The first-order valence-electron chi connectivity index (χ1n) is 2.73.